The number of pyridine rings is 1. The average molecular weight is 174 g/mol. The van der Waals surface area contributed by atoms with Gasteiger partial charge in [0.05, 0.1) is 12.2 Å². The first-order valence-electron chi connectivity index (χ1n) is 4.10. The predicted octanol–water partition coefficient (Wildman–Crippen LogP) is 1.03. The second-order valence-electron chi connectivity index (χ2n) is 2.81. The van der Waals surface area contributed by atoms with E-state index in [0.29, 0.717) is 6.54 Å². The van der Waals surface area contributed by atoms with Gasteiger partial charge in [-0.3, -0.25) is 4.98 Å². The Bertz CT molecular complexity index is 380. The van der Waals surface area contributed by atoms with Crippen molar-refractivity contribution in [2.24, 2.45) is 0 Å². The molecular weight excluding hydrogens is 164 g/mol. The van der Waals surface area contributed by atoms with E-state index in [1.807, 2.05) is 25.1 Å². The van der Waals surface area contributed by atoms with Gasteiger partial charge in [-0.05, 0) is 19.1 Å². The highest BCUT2D eigenvalue weighted by atomic mass is 15.3. The largest absolute Gasteiger partial charge is 0.259 e. The summed E-state index contributed by atoms with van der Waals surface area (Å²) in [5, 5.41) is 4.17. The summed E-state index contributed by atoms with van der Waals surface area (Å²) in [4.78, 5) is 8.23. The minimum absolute atomic E-state index is 0.682. The van der Waals surface area contributed by atoms with Crippen LogP contribution in [0.3, 0.4) is 0 Å². The number of hydrogen-bond acceptors (Lipinski definition) is 3. The van der Waals surface area contributed by atoms with Crippen molar-refractivity contribution in [1.29, 1.82) is 0 Å². The minimum atomic E-state index is 0.682. The number of rotatable bonds is 2. The van der Waals surface area contributed by atoms with Gasteiger partial charge in [0.15, 0.2) is 0 Å². The van der Waals surface area contributed by atoms with Gasteiger partial charge < -0.3 is 0 Å². The van der Waals surface area contributed by atoms with Gasteiger partial charge in [-0.1, -0.05) is 6.07 Å². The molecular formula is C9H10N4. The molecule has 0 radical (unpaired) electrons. The SMILES string of the molecule is Cc1ncn(Cc2ccccn2)n1. The molecule has 2 aromatic heterocycles. The molecule has 4 nitrogen and oxygen atoms in total. The number of nitrogens with zero attached hydrogens (tertiary/aromatic N) is 4. The molecule has 0 aromatic carbocycles. The number of aryl methyl sites for hydroxylation is 1. The van der Waals surface area contributed by atoms with Crippen LogP contribution < -0.4 is 0 Å². The van der Waals surface area contributed by atoms with Crippen LogP contribution in [0, 0.1) is 6.92 Å². The van der Waals surface area contributed by atoms with Crippen molar-refractivity contribution in [3.8, 4) is 0 Å². The van der Waals surface area contributed by atoms with E-state index in [1.165, 1.54) is 0 Å². The van der Waals surface area contributed by atoms with Crippen molar-refractivity contribution in [2.45, 2.75) is 13.5 Å². The van der Waals surface area contributed by atoms with Gasteiger partial charge in [-0.15, -0.1) is 0 Å². The third kappa shape index (κ3) is 1.90. The smallest absolute Gasteiger partial charge is 0.147 e. The van der Waals surface area contributed by atoms with Crippen LogP contribution in [0.2, 0.25) is 0 Å². The summed E-state index contributed by atoms with van der Waals surface area (Å²) < 4.78 is 1.78. The second-order valence-corrected chi connectivity index (χ2v) is 2.81. The predicted molar refractivity (Wildman–Crippen MR) is 48.1 cm³/mol. The fraction of sp³-hybridized carbons (Fsp3) is 0.222. The summed E-state index contributed by atoms with van der Waals surface area (Å²) in [6.07, 6.45) is 3.49. The van der Waals surface area contributed by atoms with Crippen LogP contribution >= 0.6 is 0 Å². The molecule has 0 N–H and O–H groups in total. The summed E-state index contributed by atoms with van der Waals surface area (Å²) >= 11 is 0. The molecule has 0 fully saturated rings. The zero-order valence-corrected chi connectivity index (χ0v) is 7.38. The molecule has 0 aliphatic carbocycles. The van der Waals surface area contributed by atoms with E-state index in [1.54, 1.807) is 17.2 Å². The lowest BCUT2D eigenvalue weighted by molar-refractivity contribution is 0.665. The zero-order valence-electron chi connectivity index (χ0n) is 7.38. The van der Waals surface area contributed by atoms with Crippen LogP contribution in [0.1, 0.15) is 11.5 Å². The summed E-state index contributed by atoms with van der Waals surface area (Å²) in [5.41, 5.74) is 0.993. The molecule has 2 aromatic rings. The lowest BCUT2D eigenvalue weighted by Crippen LogP contribution is -2.01. The van der Waals surface area contributed by atoms with Crippen molar-refractivity contribution >= 4 is 0 Å². The monoisotopic (exact) mass is 174 g/mol. The number of hydrogen-bond donors (Lipinski definition) is 0. The Morgan fingerprint density at radius 1 is 1.31 bits per heavy atom. The fourth-order valence-corrected chi connectivity index (χ4v) is 1.12. The van der Waals surface area contributed by atoms with E-state index in [4.69, 9.17) is 0 Å². The molecule has 0 bridgehead atoms. The third-order valence-electron chi connectivity index (χ3n) is 1.70. The lowest BCUT2D eigenvalue weighted by Gasteiger charge is -1.98. The zero-order chi connectivity index (χ0) is 9.10. The van der Waals surface area contributed by atoms with E-state index in [0.717, 1.165) is 11.5 Å². The third-order valence-corrected chi connectivity index (χ3v) is 1.70. The molecule has 2 rings (SSSR count). The molecule has 0 saturated carbocycles. The summed E-state index contributed by atoms with van der Waals surface area (Å²) in [7, 11) is 0. The standard InChI is InChI=1S/C9H10N4/c1-8-11-7-13(12-8)6-9-4-2-3-5-10-9/h2-5,7H,6H2,1H3. The molecule has 0 amide bonds. The number of aromatic nitrogens is 4. The van der Waals surface area contributed by atoms with E-state index in [-0.39, 0.29) is 0 Å². The van der Waals surface area contributed by atoms with Gasteiger partial charge in [-0.25, -0.2) is 9.67 Å². The van der Waals surface area contributed by atoms with Crippen molar-refractivity contribution < 1.29 is 0 Å². The Morgan fingerprint density at radius 3 is 2.85 bits per heavy atom. The summed E-state index contributed by atoms with van der Waals surface area (Å²) in [5.74, 6) is 0.788. The second kappa shape index (κ2) is 3.35. The molecule has 66 valence electrons. The van der Waals surface area contributed by atoms with Crippen molar-refractivity contribution in [3.05, 3.63) is 42.2 Å². The Kier molecular flexibility index (Phi) is 2.04. The molecule has 4 heteroatoms. The van der Waals surface area contributed by atoms with Crippen LogP contribution in [0.25, 0.3) is 0 Å². The van der Waals surface area contributed by atoms with Crippen LogP contribution in [0.5, 0.6) is 0 Å². The quantitative estimate of drug-likeness (QED) is 0.683. The fourth-order valence-electron chi connectivity index (χ4n) is 1.12. The Morgan fingerprint density at radius 2 is 2.23 bits per heavy atom. The molecule has 13 heavy (non-hydrogen) atoms. The van der Waals surface area contributed by atoms with Gasteiger partial charge in [0, 0.05) is 6.20 Å². The van der Waals surface area contributed by atoms with Gasteiger partial charge in [-0.2, -0.15) is 5.10 Å². The Hall–Kier alpha value is -1.71. The van der Waals surface area contributed by atoms with E-state index >= 15 is 0 Å². The average Bonchev–Trinajstić information content (AvgIpc) is 2.53. The van der Waals surface area contributed by atoms with Gasteiger partial charge in [0.25, 0.3) is 0 Å². The molecule has 0 aliphatic heterocycles. The maximum absolute atomic E-state index is 4.19. The molecule has 0 saturated heterocycles. The van der Waals surface area contributed by atoms with Crippen LogP contribution in [-0.2, 0) is 6.54 Å². The Balaban J connectivity index is 2.15. The Labute approximate surface area is 76.3 Å². The van der Waals surface area contributed by atoms with Crippen molar-refractivity contribution in [2.75, 3.05) is 0 Å². The maximum atomic E-state index is 4.19. The molecule has 0 aliphatic rings. The topological polar surface area (TPSA) is 43.6 Å². The first-order valence-corrected chi connectivity index (χ1v) is 4.10. The minimum Gasteiger partial charge on any atom is -0.259 e. The van der Waals surface area contributed by atoms with Crippen LogP contribution in [0.4, 0.5) is 0 Å². The first-order chi connectivity index (χ1) is 6.34. The highest BCUT2D eigenvalue weighted by Crippen LogP contribution is 1.96. The molecule has 0 spiro atoms. The highest BCUT2D eigenvalue weighted by Gasteiger charge is 1.96. The van der Waals surface area contributed by atoms with E-state index < -0.39 is 0 Å². The molecule has 0 atom stereocenters. The van der Waals surface area contributed by atoms with Crippen LogP contribution in [0.15, 0.2) is 30.7 Å². The van der Waals surface area contributed by atoms with Gasteiger partial charge >= 0.3 is 0 Å². The van der Waals surface area contributed by atoms with E-state index in [9.17, 15) is 0 Å². The summed E-state index contributed by atoms with van der Waals surface area (Å²) in [6.45, 7) is 2.55. The first kappa shape index (κ1) is 7.91. The summed E-state index contributed by atoms with van der Waals surface area (Å²) in [6, 6.07) is 5.83. The van der Waals surface area contributed by atoms with Crippen molar-refractivity contribution in [3.63, 3.8) is 0 Å². The van der Waals surface area contributed by atoms with Gasteiger partial charge in [0.1, 0.15) is 12.2 Å². The molecule has 2 heterocycles. The van der Waals surface area contributed by atoms with Gasteiger partial charge in [0.2, 0.25) is 0 Å². The maximum Gasteiger partial charge on any atom is 0.147 e. The van der Waals surface area contributed by atoms with E-state index in [2.05, 4.69) is 15.1 Å². The lowest BCUT2D eigenvalue weighted by atomic mass is 10.3. The van der Waals surface area contributed by atoms with Crippen LogP contribution in [-0.4, -0.2) is 19.7 Å². The normalized spacial score (nSPS) is 10.2. The molecule has 0 unspecified atom stereocenters. The van der Waals surface area contributed by atoms with Crippen molar-refractivity contribution in [1.82, 2.24) is 19.7 Å². The highest BCUT2D eigenvalue weighted by molar-refractivity contribution is 5.03.